The van der Waals surface area contributed by atoms with Crippen molar-refractivity contribution in [3.05, 3.63) is 28.2 Å². The molecule has 0 saturated carbocycles. The molecule has 3 N–H and O–H groups in total. The summed E-state index contributed by atoms with van der Waals surface area (Å²) in [5.41, 5.74) is 6.27. The van der Waals surface area contributed by atoms with E-state index in [1.54, 1.807) is 12.1 Å². The highest BCUT2D eigenvalue weighted by Gasteiger charge is 1.96. The lowest BCUT2D eigenvalue weighted by Crippen LogP contribution is -1.94. The van der Waals surface area contributed by atoms with Gasteiger partial charge in [0.2, 0.25) is 0 Å². The summed E-state index contributed by atoms with van der Waals surface area (Å²) in [6.45, 7) is 0.459. The van der Waals surface area contributed by atoms with E-state index in [1.807, 2.05) is 6.07 Å². The van der Waals surface area contributed by atoms with Gasteiger partial charge in [-0.1, -0.05) is 6.07 Å². The van der Waals surface area contributed by atoms with Crippen molar-refractivity contribution in [1.29, 1.82) is 0 Å². The number of aromatic hydroxyl groups is 1. The Kier molecular flexibility index (Phi) is 2.29. The van der Waals surface area contributed by atoms with E-state index >= 15 is 0 Å². The number of rotatable bonds is 1. The van der Waals surface area contributed by atoms with Gasteiger partial charge in [-0.2, -0.15) is 0 Å². The van der Waals surface area contributed by atoms with E-state index in [9.17, 15) is 0 Å². The van der Waals surface area contributed by atoms with Gasteiger partial charge >= 0.3 is 0 Å². The average Bonchev–Trinajstić information content (AvgIpc) is 1.95. The average molecular weight is 202 g/mol. The Balaban J connectivity index is 3.04. The first-order chi connectivity index (χ1) is 4.74. The standard InChI is InChI=1S/C7H8BrNO/c8-6-2-1-5(4-9)3-7(6)10/h1-3,10H,4,9H2. The summed E-state index contributed by atoms with van der Waals surface area (Å²) in [5.74, 6) is 0.239. The third-order valence-corrected chi connectivity index (χ3v) is 1.92. The van der Waals surface area contributed by atoms with Gasteiger partial charge in [-0.05, 0) is 33.6 Å². The molecule has 0 atom stereocenters. The molecule has 1 rings (SSSR count). The first kappa shape index (κ1) is 7.57. The topological polar surface area (TPSA) is 46.2 Å². The highest BCUT2D eigenvalue weighted by Crippen LogP contribution is 2.23. The monoisotopic (exact) mass is 201 g/mol. The first-order valence-electron chi connectivity index (χ1n) is 2.91. The van der Waals surface area contributed by atoms with Gasteiger partial charge in [-0.3, -0.25) is 0 Å². The van der Waals surface area contributed by atoms with Crippen LogP contribution in [-0.2, 0) is 6.54 Å². The zero-order valence-corrected chi connectivity index (χ0v) is 6.93. The molecule has 0 bridgehead atoms. The molecule has 0 spiro atoms. The minimum Gasteiger partial charge on any atom is -0.507 e. The Bertz CT molecular complexity index is 237. The SMILES string of the molecule is NCc1ccc(Br)c(O)c1. The van der Waals surface area contributed by atoms with Crippen molar-refractivity contribution in [2.24, 2.45) is 5.73 Å². The van der Waals surface area contributed by atoms with Crippen molar-refractivity contribution in [3.8, 4) is 5.75 Å². The third kappa shape index (κ3) is 1.49. The molecule has 0 amide bonds. The Morgan fingerprint density at radius 1 is 1.50 bits per heavy atom. The van der Waals surface area contributed by atoms with Crippen molar-refractivity contribution in [1.82, 2.24) is 0 Å². The van der Waals surface area contributed by atoms with Gasteiger partial charge in [-0.15, -0.1) is 0 Å². The molecule has 0 saturated heterocycles. The highest BCUT2D eigenvalue weighted by molar-refractivity contribution is 9.10. The van der Waals surface area contributed by atoms with E-state index in [-0.39, 0.29) is 5.75 Å². The Morgan fingerprint density at radius 2 is 2.20 bits per heavy atom. The lowest BCUT2D eigenvalue weighted by molar-refractivity contribution is 0.471. The van der Waals surface area contributed by atoms with Crippen molar-refractivity contribution in [2.45, 2.75) is 6.54 Å². The Hall–Kier alpha value is -0.540. The molecule has 0 aromatic heterocycles. The van der Waals surface area contributed by atoms with Gasteiger partial charge < -0.3 is 10.8 Å². The lowest BCUT2D eigenvalue weighted by atomic mass is 10.2. The summed E-state index contributed by atoms with van der Waals surface area (Å²) < 4.78 is 0.699. The number of benzene rings is 1. The number of nitrogens with two attached hydrogens (primary N) is 1. The second-order valence-electron chi connectivity index (χ2n) is 1.99. The molecule has 0 aliphatic carbocycles. The zero-order chi connectivity index (χ0) is 7.56. The lowest BCUT2D eigenvalue weighted by Gasteiger charge is -1.98. The number of phenolic OH excluding ortho intramolecular Hbond substituents is 1. The molecule has 0 heterocycles. The molecule has 3 heteroatoms. The largest absolute Gasteiger partial charge is 0.507 e. The number of phenols is 1. The fourth-order valence-electron chi connectivity index (χ4n) is 0.685. The molecule has 1 aromatic rings. The molecule has 0 aliphatic rings. The minimum absolute atomic E-state index is 0.239. The fourth-order valence-corrected chi connectivity index (χ4v) is 0.932. The zero-order valence-electron chi connectivity index (χ0n) is 5.34. The van der Waals surface area contributed by atoms with Crippen LogP contribution < -0.4 is 5.73 Å². The van der Waals surface area contributed by atoms with Crippen LogP contribution in [0.15, 0.2) is 22.7 Å². The van der Waals surface area contributed by atoms with Gasteiger partial charge in [0.05, 0.1) is 4.47 Å². The van der Waals surface area contributed by atoms with E-state index in [2.05, 4.69) is 15.9 Å². The second kappa shape index (κ2) is 3.03. The van der Waals surface area contributed by atoms with Gasteiger partial charge in [0.15, 0.2) is 0 Å². The third-order valence-electron chi connectivity index (χ3n) is 1.25. The number of hydrogen-bond acceptors (Lipinski definition) is 2. The van der Waals surface area contributed by atoms with Gasteiger partial charge in [0.25, 0.3) is 0 Å². The summed E-state index contributed by atoms with van der Waals surface area (Å²) in [6, 6.07) is 5.28. The van der Waals surface area contributed by atoms with Crippen LogP contribution >= 0.6 is 15.9 Å². The van der Waals surface area contributed by atoms with E-state index in [1.165, 1.54) is 0 Å². The molecule has 2 nitrogen and oxygen atoms in total. The molecule has 10 heavy (non-hydrogen) atoms. The quantitative estimate of drug-likeness (QED) is 0.726. The van der Waals surface area contributed by atoms with E-state index < -0.39 is 0 Å². The van der Waals surface area contributed by atoms with E-state index in [4.69, 9.17) is 10.8 Å². The van der Waals surface area contributed by atoms with E-state index in [0.29, 0.717) is 11.0 Å². The molecule has 54 valence electrons. The maximum atomic E-state index is 9.13. The minimum atomic E-state index is 0.239. The number of halogens is 1. The summed E-state index contributed by atoms with van der Waals surface area (Å²) in [7, 11) is 0. The molecule has 0 aliphatic heterocycles. The summed E-state index contributed by atoms with van der Waals surface area (Å²) in [4.78, 5) is 0. The Morgan fingerprint density at radius 3 is 2.70 bits per heavy atom. The molecule has 1 aromatic carbocycles. The maximum absolute atomic E-state index is 9.13. The first-order valence-corrected chi connectivity index (χ1v) is 3.71. The van der Waals surface area contributed by atoms with Crippen molar-refractivity contribution < 1.29 is 5.11 Å². The van der Waals surface area contributed by atoms with Gasteiger partial charge in [0, 0.05) is 6.54 Å². The fraction of sp³-hybridized carbons (Fsp3) is 0.143. The van der Waals surface area contributed by atoms with Crippen molar-refractivity contribution in [3.63, 3.8) is 0 Å². The van der Waals surface area contributed by atoms with Crippen LogP contribution in [0.4, 0.5) is 0 Å². The molecular formula is C7H8BrNO. The van der Waals surface area contributed by atoms with Crippen molar-refractivity contribution in [2.75, 3.05) is 0 Å². The summed E-state index contributed by atoms with van der Waals surface area (Å²) >= 11 is 3.17. The Labute approximate surface area is 67.8 Å². The van der Waals surface area contributed by atoms with Crippen LogP contribution in [-0.4, -0.2) is 5.11 Å². The van der Waals surface area contributed by atoms with Crippen LogP contribution in [0.3, 0.4) is 0 Å². The number of hydrogen-bond donors (Lipinski definition) is 2. The maximum Gasteiger partial charge on any atom is 0.130 e. The van der Waals surface area contributed by atoms with Crippen molar-refractivity contribution >= 4 is 15.9 Å². The van der Waals surface area contributed by atoms with Crippen LogP contribution in [0.5, 0.6) is 5.75 Å². The molecule has 0 unspecified atom stereocenters. The van der Waals surface area contributed by atoms with Crippen LogP contribution in [0.2, 0.25) is 0 Å². The molecule has 0 radical (unpaired) electrons. The normalized spacial score (nSPS) is 9.80. The van der Waals surface area contributed by atoms with Gasteiger partial charge in [0.1, 0.15) is 5.75 Å². The smallest absolute Gasteiger partial charge is 0.130 e. The summed E-state index contributed by atoms with van der Waals surface area (Å²) in [6.07, 6.45) is 0. The highest BCUT2D eigenvalue weighted by atomic mass is 79.9. The predicted molar refractivity (Wildman–Crippen MR) is 43.7 cm³/mol. The van der Waals surface area contributed by atoms with Crippen LogP contribution in [0.1, 0.15) is 5.56 Å². The summed E-state index contributed by atoms with van der Waals surface area (Å²) in [5, 5.41) is 9.13. The molecule has 0 fully saturated rings. The van der Waals surface area contributed by atoms with Crippen LogP contribution in [0.25, 0.3) is 0 Å². The second-order valence-corrected chi connectivity index (χ2v) is 2.84. The van der Waals surface area contributed by atoms with Crippen LogP contribution in [0, 0.1) is 0 Å². The molecular weight excluding hydrogens is 194 g/mol. The van der Waals surface area contributed by atoms with Gasteiger partial charge in [-0.25, -0.2) is 0 Å². The van der Waals surface area contributed by atoms with E-state index in [0.717, 1.165) is 5.56 Å². The predicted octanol–water partition coefficient (Wildman–Crippen LogP) is 1.61.